The first-order valence-electron chi connectivity index (χ1n) is 23.6. The monoisotopic (exact) mass is 862 g/mol. The van der Waals surface area contributed by atoms with E-state index in [4.69, 9.17) is 9.47 Å². The Balaban J connectivity index is 0.910. The Morgan fingerprint density at radius 3 is 0.941 bits per heavy atom. The first-order valence-corrected chi connectivity index (χ1v) is 23.6. The molecule has 16 rings (SSSR count). The van der Waals surface area contributed by atoms with Crippen LogP contribution in [0, 0.1) is 0 Å². The van der Waals surface area contributed by atoms with E-state index in [-0.39, 0.29) is 0 Å². The molecule has 2 aliphatic carbocycles. The van der Waals surface area contributed by atoms with E-state index in [2.05, 4.69) is 231 Å². The molecular weight excluding hydrogens is 825 g/mol. The zero-order chi connectivity index (χ0) is 44.3. The minimum Gasteiger partial charge on any atom is -0.457 e. The predicted octanol–water partition coefficient (Wildman–Crippen LogP) is 16.9. The van der Waals surface area contributed by atoms with Crippen LogP contribution < -0.4 is 9.47 Å². The van der Waals surface area contributed by atoms with Crippen molar-refractivity contribution in [3.63, 3.8) is 0 Å². The molecule has 2 spiro atoms. The molecule has 12 aromatic rings. The molecule has 0 bridgehead atoms. The number of fused-ring (bicyclic) bond motifs is 18. The molecule has 2 aliphatic heterocycles. The van der Waals surface area contributed by atoms with Gasteiger partial charge in [-0.15, -0.1) is 0 Å². The molecule has 0 aromatic heterocycles. The van der Waals surface area contributed by atoms with Crippen LogP contribution in [0.15, 0.2) is 231 Å². The van der Waals surface area contributed by atoms with Gasteiger partial charge in [-0.05, 0) is 135 Å². The molecule has 0 fully saturated rings. The summed E-state index contributed by atoms with van der Waals surface area (Å²) in [6, 6.07) is 85.5. The molecule has 0 atom stereocenters. The van der Waals surface area contributed by atoms with Crippen molar-refractivity contribution in [2.45, 2.75) is 10.8 Å². The smallest absolute Gasteiger partial charge is 0.132 e. The number of benzene rings is 12. The summed E-state index contributed by atoms with van der Waals surface area (Å²) in [7, 11) is 0. The van der Waals surface area contributed by atoms with Gasteiger partial charge in [0, 0.05) is 22.3 Å². The van der Waals surface area contributed by atoms with Crippen molar-refractivity contribution in [2.75, 3.05) is 0 Å². The van der Waals surface area contributed by atoms with Crippen molar-refractivity contribution >= 4 is 32.3 Å². The highest BCUT2D eigenvalue weighted by Gasteiger charge is 2.52. The normalized spacial score (nSPS) is 14.6. The highest BCUT2D eigenvalue weighted by atomic mass is 16.5. The lowest BCUT2D eigenvalue weighted by molar-refractivity contribution is 0.436. The fraction of sp³-hybridized carbons (Fsp3) is 0.0303. The summed E-state index contributed by atoms with van der Waals surface area (Å²) in [5.74, 6) is 3.62. The third-order valence-corrected chi connectivity index (χ3v) is 16.0. The maximum absolute atomic E-state index is 6.66. The van der Waals surface area contributed by atoms with Gasteiger partial charge in [0.25, 0.3) is 0 Å². The van der Waals surface area contributed by atoms with E-state index in [9.17, 15) is 0 Å². The first kappa shape index (κ1) is 36.5. The molecule has 4 aliphatic rings. The summed E-state index contributed by atoms with van der Waals surface area (Å²) in [6.07, 6.45) is 0. The van der Waals surface area contributed by atoms with Gasteiger partial charge in [0.1, 0.15) is 23.0 Å². The molecule has 0 saturated heterocycles. The van der Waals surface area contributed by atoms with Crippen LogP contribution in [0.5, 0.6) is 23.0 Å². The fourth-order valence-electron chi connectivity index (χ4n) is 13.3. The lowest BCUT2D eigenvalue weighted by atomic mass is 9.66. The van der Waals surface area contributed by atoms with E-state index < -0.39 is 10.8 Å². The summed E-state index contributed by atoms with van der Waals surface area (Å²) < 4.78 is 13.3. The van der Waals surface area contributed by atoms with Crippen LogP contribution in [-0.2, 0) is 10.8 Å². The van der Waals surface area contributed by atoms with Crippen LogP contribution in [0.4, 0.5) is 0 Å². The molecule has 12 aromatic carbocycles. The molecule has 0 unspecified atom stereocenters. The standard InChI is InChI=1S/C66H38O2/c1-3-15-51-45(13-1)47-33-29-41(37-57(47)65(51)53-17-5-9-21-59(53)67-60-22-10-6-18-54(60)65)43-31-27-39-25-26-40-28-32-44(50-36-35-49(43)63(39)64(40)50)42-30-34-48-46-14-2-4-16-52(46)66(58(48)38-42)55-19-7-11-23-61(55)68-62-24-12-8-20-56(62)66/h1-38H. The zero-order valence-corrected chi connectivity index (χ0v) is 36.8. The summed E-state index contributed by atoms with van der Waals surface area (Å²) in [4.78, 5) is 0. The van der Waals surface area contributed by atoms with Gasteiger partial charge in [0.2, 0.25) is 0 Å². The van der Waals surface area contributed by atoms with Gasteiger partial charge < -0.3 is 9.47 Å². The zero-order valence-electron chi connectivity index (χ0n) is 36.8. The van der Waals surface area contributed by atoms with E-state index in [1.807, 2.05) is 0 Å². The van der Waals surface area contributed by atoms with E-state index >= 15 is 0 Å². The lowest BCUT2D eigenvalue weighted by Crippen LogP contribution is -2.32. The molecule has 314 valence electrons. The van der Waals surface area contributed by atoms with Gasteiger partial charge in [-0.3, -0.25) is 0 Å². The van der Waals surface area contributed by atoms with Crippen LogP contribution >= 0.6 is 0 Å². The maximum Gasteiger partial charge on any atom is 0.132 e. The van der Waals surface area contributed by atoms with Gasteiger partial charge in [0.15, 0.2) is 0 Å². The summed E-state index contributed by atoms with van der Waals surface area (Å²) >= 11 is 0. The Hall–Kier alpha value is -8.72. The Morgan fingerprint density at radius 1 is 0.235 bits per heavy atom. The largest absolute Gasteiger partial charge is 0.457 e. The van der Waals surface area contributed by atoms with Crippen LogP contribution in [0.2, 0.25) is 0 Å². The summed E-state index contributed by atoms with van der Waals surface area (Å²) in [5.41, 5.74) is 18.8. The van der Waals surface area contributed by atoms with Gasteiger partial charge in [-0.2, -0.15) is 0 Å². The highest BCUT2D eigenvalue weighted by Crippen LogP contribution is 2.64. The third-order valence-electron chi connectivity index (χ3n) is 16.0. The van der Waals surface area contributed by atoms with E-state index in [1.54, 1.807) is 0 Å². The summed E-state index contributed by atoms with van der Waals surface area (Å²) in [5, 5.41) is 7.61. The van der Waals surface area contributed by atoms with Crippen molar-refractivity contribution in [1.82, 2.24) is 0 Å². The molecule has 2 heteroatoms. The number of hydrogen-bond donors (Lipinski definition) is 0. The second kappa shape index (κ2) is 13.0. The van der Waals surface area contributed by atoms with Gasteiger partial charge in [-0.25, -0.2) is 0 Å². The second-order valence-electron chi connectivity index (χ2n) is 18.9. The molecule has 2 nitrogen and oxygen atoms in total. The van der Waals surface area contributed by atoms with E-state index in [0.717, 1.165) is 23.0 Å². The number of rotatable bonds is 2. The Morgan fingerprint density at radius 2 is 0.544 bits per heavy atom. The molecular formula is C66H38O2. The lowest BCUT2D eigenvalue weighted by Gasteiger charge is -2.39. The Labute approximate surface area is 393 Å². The van der Waals surface area contributed by atoms with Gasteiger partial charge >= 0.3 is 0 Å². The highest BCUT2D eigenvalue weighted by molar-refractivity contribution is 6.27. The average molecular weight is 863 g/mol. The van der Waals surface area contributed by atoms with Crippen LogP contribution in [0.1, 0.15) is 44.5 Å². The quantitative estimate of drug-likeness (QED) is 0.161. The molecule has 0 N–H and O–H groups in total. The van der Waals surface area contributed by atoms with E-state index in [0.29, 0.717) is 0 Å². The van der Waals surface area contributed by atoms with Crippen molar-refractivity contribution < 1.29 is 9.47 Å². The van der Waals surface area contributed by atoms with Crippen molar-refractivity contribution in [1.29, 1.82) is 0 Å². The van der Waals surface area contributed by atoms with Crippen LogP contribution in [0.25, 0.3) is 76.8 Å². The minimum absolute atomic E-state index is 0.531. The predicted molar refractivity (Wildman–Crippen MR) is 276 cm³/mol. The minimum atomic E-state index is -0.531. The number of para-hydroxylation sites is 4. The maximum atomic E-state index is 6.66. The van der Waals surface area contributed by atoms with Gasteiger partial charge in [-0.1, -0.05) is 194 Å². The Bertz CT molecular complexity index is 3810. The van der Waals surface area contributed by atoms with Crippen LogP contribution in [-0.4, -0.2) is 0 Å². The number of hydrogen-bond acceptors (Lipinski definition) is 2. The topological polar surface area (TPSA) is 18.5 Å². The van der Waals surface area contributed by atoms with Crippen molar-refractivity contribution in [3.05, 3.63) is 275 Å². The second-order valence-corrected chi connectivity index (χ2v) is 18.9. The molecule has 0 amide bonds. The van der Waals surface area contributed by atoms with Gasteiger partial charge in [0.05, 0.1) is 10.8 Å². The average Bonchev–Trinajstić information content (AvgIpc) is 3.85. The first-order chi connectivity index (χ1) is 33.7. The SMILES string of the molecule is c1ccc2c(c1)Oc1ccccc1C21c2ccccc2-c2ccc(-c3ccc4ccc5ccc(-c6ccc7c(c6)C6(c8ccccc8Oc8ccccc86)c6ccccc6-7)c6ccc3c4c56)cc21. The molecule has 68 heavy (non-hydrogen) atoms. The molecule has 0 saturated carbocycles. The van der Waals surface area contributed by atoms with Crippen LogP contribution in [0.3, 0.4) is 0 Å². The Kier molecular flexibility index (Phi) is 6.98. The molecule has 0 radical (unpaired) electrons. The van der Waals surface area contributed by atoms with E-state index in [1.165, 1.54) is 121 Å². The van der Waals surface area contributed by atoms with Crippen molar-refractivity contribution in [2.24, 2.45) is 0 Å². The fourth-order valence-corrected chi connectivity index (χ4v) is 13.3. The summed E-state index contributed by atoms with van der Waals surface area (Å²) in [6.45, 7) is 0. The van der Waals surface area contributed by atoms with Crippen molar-refractivity contribution in [3.8, 4) is 67.5 Å². The molecule has 2 heterocycles. The third kappa shape index (κ3) is 4.39. The number of ether oxygens (including phenoxy) is 2.